The summed E-state index contributed by atoms with van der Waals surface area (Å²) in [5.41, 5.74) is 2.43. The van der Waals surface area contributed by atoms with Crippen LogP contribution in [0.4, 0.5) is 11.4 Å². The Bertz CT molecular complexity index is 1380. The lowest BCUT2D eigenvalue weighted by Crippen LogP contribution is -3.10. The number of benzene rings is 4. The van der Waals surface area contributed by atoms with Crippen molar-refractivity contribution in [3.63, 3.8) is 0 Å². The topological polar surface area (TPSA) is 105 Å². The van der Waals surface area contributed by atoms with Gasteiger partial charge in [0.1, 0.15) is 25.7 Å². The Morgan fingerprint density at radius 1 is 0.763 bits per heavy atom. The number of hydrogen-bond acceptors (Lipinski definition) is 5. The van der Waals surface area contributed by atoms with Crippen molar-refractivity contribution in [2.45, 2.75) is 24.1 Å². The molecule has 4 aromatic carbocycles. The molecule has 0 heterocycles. The molecule has 4 rings (SSSR count). The van der Waals surface area contributed by atoms with Crippen LogP contribution in [0.15, 0.2) is 120 Å². The van der Waals surface area contributed by atoms with Gasteiger partial charge in [-0.05, 0) is 24.3 Å². The Labute approximate surface area is 222 Å². The number of non-ortho nitro benzene ring substituents is 1. The predicted octanol–water partition coefficient (Wildman–Crippen LogP) is 3.44. The van der Waals surface area contributed by atoms with Gasteiger partial charge in [-0.2, -0.15) is 0 Å². The zero-order chi connectivity index (χ0) is 27.0. The van der Waals surface area contributed by atoms with Crippen LogP contribution in [-0.2, 0) is 23.1 Å². The van der Waals surface area contributed by atoms with Crippen molar-refractivity contribution in [1.29, 1.82) is 0 Å². The number of nitro groups is 1. The summed E-state index contributed by atoms with van der Waals surface area (Å²) < 4.78 is 28.5. The van der Waals surface area contributed by atoms with E-state index in [1.54, 1.807) is 30.3 Å². The first-order chi connectivity index (χ1) is 18.3. The van der Waals surface area contributed by atoms with Gasteiger partial charge in [0.15, 0.2) is 0 Å². The molecule has 0 spiro atoms. The fraction of sp³-hybridized carbons (Fsp3) is 0.172. The molecule has 0 saturated heterocycles. The van der Waals surface area contributed by atoms with Gasteiger partial charge in [-0.15, -0.1) is 0 Å². The summed E-state index contributed by atoms with van der Waals surface area (Å²) in [6.07, 6.45) is -0.981. The number of aliphatic hydroxyl groups is 1. The van der Waals surface area contributed by atoms with Crippen LogP contribution in [0.2, 0.25) is 0 Å². The van der Waals surface area contributed by atoms with E-state index in [1.807, 2.05) is 60.7 Å². The number of sulfonamides is 1. The number of anilines is 1. The first kappa shape index (κ1) is 27.0. The van der Waals surface area contributed by atoms with Crippen molar-refractivity contribution in [3.8, 4) is 0 Å². The average molecular weight is 533 g/mol. The number of hydrogen-bond donors (Lipinski definition) is 2. The summed E-state index contributed by atoms with van der Waals surface area (Å²) in [6.45, 7) is 1.46. The molecule has 196 valence electrons. The minimum atomic E-state index is -4.10. The monoisotopic (exact) mass is 532 g/mol. The van der Waals surface area contributed by atoms with E-state index in [2.05, 4.69) is 0 Å². The molecule has 1 atom stereocenters. The molecule has 0 aliphatic heterocycles. The number of para-hydroxylation sites is 1. The normalized spacial score (nSPS) is 12.3. The average Bonchev–Trinajstić information content (AvgIpc) is 2.93. The van der Waals surface area contributed by atoms with Gasteiger partial charge in [0.2, 0.25) is 0 Å². The van der Waals surface area contributed by atoms with E-state index in [0.717, 1.165) is 28.2 Å². The van der Waals surface area contributed by atoms with E-state index >= 15 is 0 Å². The van der Waals surface area contributed by atoms with E-state index in [4.69, 9.17) is 0 Å². The van der Waals surface area contributed by atoms with Crippen LogP contribution in [0.1, 0.15) is 11.1 Å². The fourth-order valence-electron chi connectivity index (χ4n) is 4.37. The molecule has 0 amide bonds. The van der Waals surface area contributed by atoms with Crippen LogP contribution in [-0.4, -0.2) is 37.6 Å². The maximum absolute atomic E-state index is 13.7. The zero-order valence-electron chi connectivity index (χ0n) is 20.8. The molecular formula is C29H30N3O5S+. The zero-order valence-corrected chi connectivity index (χ0v) is 21.6. The standard InChI is InChI=1S/C29H29N3O5S/c33-28(22-30(20-24-10-4-1-5-11-24)21-25-12-6-2-7-13-25)23-31(26-14-8-3-9-15-26)38(36,37)29-18-16-27(17-19-29)32(34)35/h1-19,28,33H,20-23H2/p+1. The smallest absolute Gasteiger partial charge is 0.269 e. The van der Waals surface area contributed by atoms with Crippen LogP contribution < -0.4 is 9.21 Å². The molecule has 0 aliphatic rings. The molecular weight excluding hydrogens is 502 g/mol. The highest BCUT2D eigenvalue weighted by Crippen LogP contribution is 2.25. The summed E-state index contributed by atoms with van der Waals surface area (Å²) >= 11 is 0. The Balaban J connectivity index is 1.58. The quantitative estimate of drug-likeness (QED) is 0.215. The van der Waals surface area contributed by atoms with Crippen LogP contribution >= 0.6 is 0 Å². The van der Waals surface area contributed by atoms with Crippen molar-refractivity contribution in [2.24, 2.45) is 0 Å². The largest absolute Gasteiger partial charge is 0.385 e. The van der Waals surface area contributed by atoms with Crippen molar-refractivity contribution in [2.75, 3.05) is 17.4 Å². The van der Waals surface area contributed by atoms with Crippen molar-refractivity contribution in [1.82, 2.24) is 0 Å². The molecule has 38 heavy (non-hydrogen) atoms. The van der Waals surface area contributed by atoms with Crippen molar-refractivity contribution < 1.29 is 23.3 Å². The maximum Gasteiger partial charge on any atom is 0.269 e. The second kappa shape index (κ2) is 12.5. The lowest BCUT2D eigenvalue weighted by atomic mass is 10.1. The molecule has 0 saturated carbocycles. The predicted molar refractivity (Wildman–Crippen MR) is 146 cm³/mol. The van der Waals surface area contributed by atoms with Crippen LogP contribution in [0.3, 0.4) is 0 Å². The molecule has 2 N–H and O–H groups in total. The fourth-order valence-corrected chi connectivity index (χ4v) is 5.87. The Kier molecular flexibility index (Phi) is 8.85. The Hall–Kier alpha value is -4.05. The van der Waals surface area contributed by atoms with E-state index in [9.17, 15) is 23.6 Å². The molecule has 0 aliphatic carbocycles. The summed E-state index contributed by atoms with van der Waals surface area (Å²) in [5, 5.41) is 22.3. The summed E-state index contributed by atoms with van der Waals surface area (Å²) in [4.78, 5) is 11.5. The van der Waals surface area contributed by atoms with Gasteiger partial charge in [0, 0.05) is 23.3 Å². The second-order valence-electron chi connectivity index (χ2n) is 9.06. The summed E-state index contributed by atoms with van der Waals surface area (Å²) in [5.74, 6) is 0. The molecule has 8 nitrogen and oxygen atoms in total. The molecule has 0 radical (unpaired) electrons. The third-order valence-corrected chi connectivity index (χ3v) is 7.98. The highest BCUT2D eigenvalue weighted by atomic mass is 32.2. The molecule has 4 aromatic rings. The third-order valence-electron chi connectivity index (χ3n) is 6.17. The Morgan fingerprint density at radius 3 is 1.71 bits per heavy atom. The molecule has 9 heteroatoms. The minimum absolute atomic E-state index is 0.0862. The molecule has 0 bridgehead atoms. The minimum Gasteiger partial charge on any atom is -0.385 e. The van der Waals surface area contributed by atoms with Crippen molar-refractivity contribution >= 4 is 21.4 Å². The van der Waals surface area contributed by atoms with Gasteiger partial charge in [-0.25, -0.2) is 8.42 Å². The molecule has 1 unspecified atom stereocenters. The van der Waals surface area contributed by atoms with Crippen molar-refractivity contribution in [3.05, 3.63) is 137 Å². The van der Waals surface area contributed by atoms with E-state index in [0.29, 0.717) is 25.3 Å². The number of quaternary nitrogens is 1. The van der Waals surface area contributed by atoms with Gasteiger partial charge in [-0.1, -0.05) is 78.9 Å². The highest BCUT2D eigenvalue weighted by molar-refractivity contribution is 7.92. The van der Waals surface area contributed by atoms with Crippen LogP contribution in [0.5, 0.6) is 0 Å². The number of nitro benzene ring substituents is 1. The van der Waals surface area contributed by atoms with Gasteiger partial charge < -0.3 is 10.0 Å². The third kappa shape index (κ3) is 7.04. The summed E-state index contributed by atoms with van der Waals surface area (Å²) in [6, 6.07) is 33.3. The van der Waals surface area contributed by atoms with Gasteiger partial charge in [-0.3, -0.25) is 14.4 Å². The number of rotatable bonds is 12. The van der Waals surface area contributed by atoms with Crippen LogP contribution in [0, 0.1) is 10.1 Å². The number of nitrogens with zero attached hydrogens (tertiary/aromatic N) is 2. The van der Waals surface area contributed by atoms with Gasteiger partial charge >= 0.3 is 0 Å². The highest BCUT2D eigenvalue weighted by Gasteiger charge is 2.29. The SMILES string of the molecule is O=[N+]([O-])c1ccc(S(=O)(=O)N(CC(O)C[NH+](Cc2ccccc2)Cc2ccccc2)c2ccccc2)cc1. The maximum atomic E-state index is 13.7. The lowest BCUT2D eigenvalue weighted by molar-refractivity contribution is -0.930. The van der Waals surface area contributed by atoms with E-state index < -0.39 is 21.1 Å². The van der Waals surface area contributed by atoms with Crippen LogP contribution in [0.25, 0.3) is 0 Å². The van der Waals surface area contributed by atoms with Gasteiger partial charge in [0.25, 0.3) is 15.7 Å². The van der Waals surface area contributed by atoms with E-state index in [-0.39, 0.29) is 17.1 Å². The summed E-state index contributed by atoms with van der Waals surface area (Å²) in [7, 11) is -4.10. The molecule has 0 fully saturated rings. The van der Waals surface area contributed by atoms with Gasteiger partial charge in [0.05, 0.1) is 22.1 Å². The number of aliphatic hydroxyl groups excluding tert-OH is 1. The lowest BCUT2D eigenvalue weighted by Gasteiger charge is -2.29. The second-order valence-corrected chi connectivity index (χ2v) is 10.9. The first-order valence-electron chi connectivity index (χ1n) is 12.2. The number of nitrogens with one attached hydrogen (secondary N) is 1. The Morgan fingerprint density at radius 2 is 1.24 bits per heavy atom. The van der Waals surface area contributed by atoms with E-state index in [1.165, 1.54) is 16.4 Å². The first-order valence-corrected chi connectivity index (χ1v) is 13.7. The molecule has 0 aromatic heterocycles.